The van der Waals surface area contributed by atoms with Crippen LogP contribution in [0, 0.1) is 6.92 Å². The van der Waals surface area contributed by atoms with Gasteiger partial charge in [-0.3, -0.25) is 9.48 Å². The molecule has 0 saturated carbocycles. The second-order valence-electron chi connectivity index (χ2n) is 5.74. The summed E-state index contributed by atoms with van der Waals surface area (Å²) in [5, 5.41) is 6.87. The standard InChI is InChI=1S/C19H16Cl2N2O/c1-12-3-7-16-18(8-4-13(2)24)22-23(19(16)9-12)11-14-5-6-15(20)10-17(14)21/h3-10H,11H2,1-2H3/b8-4+. The first kappa shape index (κ1) is 16.7. The molecular weight excluding hydrogens is 343 g/mol. The van der Waals surface area contributed by atoms with E-state index in [9.17, 15) is 4.79 Å². The monoisotopic (exact) mass is 358 g/mol. The Balaban J connectivity index is 2.09. The molecule has 0 radical (unpaired) electrons. The summed E-state index contributed by atoms with van der Waals surface area (Å²) in [6, 6.07) is 11.6. The van der Waals surface area contributed by atoms with E-state index in [1.165, 1.54) is 13.0 Å². The fraction of sp³-hybridized carbons (Fsp3) is 0.158. The molecule has 0 unspecified atom stereocenters. The maximum absolute atomic E-state index is 11.2. The minimum absolute atomic E-state index is 0.00874. The van der Waals surface area contributed by atoms with Crippen molar-refractivity contribution < 1.29 is 4.79 Å². The molecule has 0 N–H and O–H groups in total. The molecule has 0 aliphatic heterocycles. The van der Waals surface area contributed by atoms with Gasteiger partial charge in [-0.1, -0.05) is 41.4 Å². The molecule has 24 heavy (non-hydrogen) atoms. The minimum Gasteiger partial charge on any atom is -0.295 e. The number of hydrogen-bond donors (Lipinski definition) is 0. The summed E-state index contributed by atoms with van der Waals surface area (Å²) in [6.07, 6.45) is 3.28. The lowest BCUT2D eigenvalue weighted by Crippen LogP contribution is -2.02. The van der Waals surface area contributed by atoms with Crippen molar-refractivity contribution in [2.24, 2.45) is 0 Å². The number of allylic oxidation sites excluding steroid dienone is 1. The highest BCUT2D eigenvalue weighted by molar-refractivity contribution is 6.35. The van der Waals surface area contributed by atoms with Crippen LogP contribution in [-0.2, 0) is 11.3 Å². The van der Waals surface area contributed by atoms with Crippen molar-refractivity contribution >= 4 is 46.0 Å². The Morgan fingerprint density at radius 1 is 1.21 bits per heavy atom. The first-order valence-electron chi connectivity index (χ1n) is 7.54. The molecule has 2 aromatic carbocycles. The topological polar surface area (TPSA) is 34.9 Å². The quantitative estimate of drug-likeness (QED) is 0.593. The van der Waals surface area contributed by atoms with E-state index >= 15 is 0 Å². The predicted molar refractivity (Wildman–Crippen MR) is 99.7 cm³/mol. The van der Waals surface area contributed by atoms with Gasteiger partial charge in [0.15, 0.2) is 5.78 Å². The summed E-state index contributed by atoms with van der Waals surface area (Å²) in [5.41, 5.74) is 3.86. The number of ketones is 1. The lowest BCUT2D eigenvalue weighted by molar-refractivity contribution is -0.112. The Kier molecular flexibility index (Phi) is 4.74. The number of aromatic nitrogens is 2. The van der Waals surface area contributed by atoms with E-state index in [0.29, 0.717) is 16.6 Å². The normalized spacial score (nSPS) is 11.5. The Hall–Kier alpha value is -2.10. The molecule has 0 atom stereocenters. The third-order valence-corrected chi connectivity index (χ3v) is 4.33. The molecule has 3 nitrogen and oxygen atoms in total. The van der Waals surface area contributed by atoms with Gasteiger partial charge in [-0.05, 0) is 55.3 Å². The number of rotatable bonds is 4. The average molecular weight is 359 g/mol. The zero-order chi connectivity index (χ0) is 17.3. The third kappa shape index (κ3) is 3.53. The Morgan fingerprint density at radius 2 is 2.00 bits per heavy atom. The van der Waals surface area contributed by atoms with Crippen LogP contribution in [0.2, 0.25) is 10.0 Å². The Morgan fingerprint density at radius 3 is 2.71 bits per heavy atom. The van der Waals surface area contributed by atoms with Gasteiger partial charge < -0.3 is 0 Å². The highest BCUT2D eigenvalue weighted by atomic mass is 35.5. The van der Waals surface area contributed by atoms with Crippen molar-refractivity contribution in [2.45, 2.75) is 20.4 Å². The van der Waals surface area contributed by atoms with Gasteiger partial charge in [0, 0.05) is 15.4 Å². The van der Waals surface area contributed by atoms with E-state index in [2.05, 4.69) is 11.2 Å². The number of fused-ring (bicyclic) bond motifs is 1. The maximum Gasteiger partial charge on any atom is 0.152 e. The van der Waals surface area contributed by atoms with Crippen LogP contribution in [0.4, 0.5) is 0 Å². The number of carbonyl (C=O) groups is 1. The van der Waals surface area contributed by atoms with Crippen LogP contribution in [0.15, 0.2) is 42.5 Å². The van der Waals surface area contributed by atoms with Crippen LogP contribution in [0.25, 0.3) is 17.0 Å². The van der Waals surface area contributed by atoms with Gasteiger partial charge in [-0.25, -0.2) is 0 Å². The number of aryl methyl sites for hydroxylation is 1. The van der Waals surface area contributed by atoms with Crippen LogP contribution in [0.1, 0.15) is 23.7 Å². The molecule has 5 heteroatoms. The van der Waals surface area contributed by atoms with Crippen molar-refractivity contribution in [2.75, 3.05) is 0 Å². The van der Waals surface area contributed by atoms with Crippen LogP contribution < -0.4 is 0 Å². The molecule has 3 aromatic rings. The highest BCUT2D eigenvalue weighted by Crippen LogP contribution is 2.25. The molecule has 0 aliphatic carbocycles. The van der Waals surface area contributed by atoms with Gasteiger partial charge >= 0.3 is 0 Å². The van der Waals surface area contributed by atoms with E-state index in [1.807, 2.05) is 35.9 Å². The smallest absolute Gasteiger partial charge is 0.152 e. The molecule has 3 rings (SSSR count). The lowest BCUT2D eigenvalue weighted by Gasteiger charge is -2.07. The summed E-state index contributed by atoms with van der Waals surface area (Å²) in [6.45, 7) is 4.09. The fourth-order valence-corrected chi connectivity index (χ4v) is 3.03. The first-order valence-corrected chi connectivity index (χ1v) is 8.29. The largest absolute Gasteiger partial charge is 0.295 e. The molecule has 0 bridgehead atoms. The van der Waals surface area contributed by atoms with Gasteiger partial charge in [0.25, 0.3) is 0 Å². The fourth-order valence-electron chi connectivity index (χ4n) is 2.56. The van der Waals surface area contributed by atoms with Crippen molar-refractivity contribution in [1.29, 1.82) is 0 Å². The van der Waals surface area contributed by atoms with Crippen molar-refractivity contribution in [1.82, 2.24) is 9.78 Å². The zero-order valence-electron chi connectivity index (χ0n) is 13.4. The number of nitrogens with zero attached hydrogens (tertiary/aromatic N) is 2. The van der Waals surface area contributed by atoms with E-state index < -0.39 is 0 Å². The molecule has 1 aromatic heterocycles. The van der Waals surface area contributed by atoms with Gasteiger partial charge in [-0.2, -0.15) is 5.10 Å². The Bertz CT molecular complexity index is 957. The zero-order valence-corrected chi connectivity index (χ0v) is 14.9. The van der Waals surface area contributed by atoms with Crippen molar-refractivity contribution in [3.8, 4) is 0 Å². The number of halogens is 2. The van der Waals surface area contributed by atoms with Crippen LogP contribution >= 0.6 is 23.2 Å². The molecule has 0 fully saturated rings. The van der Waals surface area contributed by atoms with Gasteiger partial charge in [0.2, 0.25) is 0 Å². The van der Waals surface area contributed by atoms with Crippen LogP contribution in [0.5, 0.6) is 0 Å². The van der Waals surface area contributed by atoms with E-state index in [0.717, 1.165) is 27.7 Å². The summed E-state index contributed by atoms with van der Waals surface area (Å²) in [5.74, 6) is -0.00874. The number of hydrogen-bond acceptors (Lipinski definition) is 2. The van der Waals surface area contributed by atoms with E-state index in [-0.39, 0.29) is 5.78 Å². The number of carbonyl (C=O) groups excluding carboxylic acids is 1. The average Bonchev–Trinajstić information content (AvgIpc) is 2.85. The van der Waals surface area contributed by atoms with Gasteiger partial charge in [0.05, 0.1) is 17.8 Å². The summed E-state index contributed by atoms with van der Waals surface area (Å²) >= 11 is 12.3. The van der Waals surface area contributed by atoms with Crippen LogP contribution in [-0.4, -0.2) is 15.6 Å². The molecule has 0 spiro atoms. The second-order valence-corrected chi connectivity index (χ2v) is 6.59. The molecule has 122 valence electrons. The molecule has 0 amide bonds. The van der Waals surface area contributed by atoms with Gasteiger partial charge in [0.1, 0.15) is 0 Å². The van der Waals surface area contributed by atoms with Crippen molar-refractivity contribution in [3.63, 3.8) is 0 Å². The molecule has 1 heterocycles. The van der Waals surface area contributed by atoms with E-state index in [1.54, 1.807) is 12.1 Å². The predicted octanol–water partition coefficient (Wildman–Crippen LogP) is 5.30. The summed E-state index contributed by atoms with van der Waals surface area (Å²) in [4.78, 5) is 11.2. The van der Waals surface area contributed by atoms with Crippen molar-refractivity contribution in [3.05, 3.63) is 69.3 Å². The molecular formula is C19H16Cl2N2O. The lowest BCUT2D eigenvalue weighted by atomic mass is 10.1. The third-order valence-electron chi connectivity index (χ3n) is 3.75. The minimum atomic E-state index is -0.00874. The highest BCUT2D eigenvalue weighted by Gasteiger charge is 2.11. The first-order chi connectivity index (χ1) is 11.4. The maximum atomic E-state index is 11.2. The van der Waals surface area contributed by atoms with Gasteiger partial charge in [-0.15, -0.1) is 0 Å². The Labute approximate surface area is 150 Å². The van der Waals surface area contributed by atoms with E-state index in [4.69, 9.17) is 23.2 Å². The molecule has 0 saturated heterocycles. The van der Waals surface area contributed by atoms with Crippen LogP contribution in [0.3, 0.4) is 0 Å². The molecule has 0 aliphatic rings. The number of benzene rings is 2. The summed E-state index contributed by atoms with van der Waals surface area (Å²) in [7, 11) is 0. The SMILES string of the molecule is CC(=O)/C=C/c1nn(Cc2ccc(Cl)cc2Cl)c2cc(C)ccc12. The second kappa shape index (κ2) is 6.80. The summed E-state index contributed by atoms with van der Waals surface area (Å²) < 4.78 is 1.90.